The van der Waals surface area contributed by atoms with Gasteiger partial charge in [-0.25, -0.2) is 0 Å². The van der Waals surface area contributed by atoms with Gasteiger partial charge in [-0.3, -0.25) is 9.78 Å². The van der Waals surface area contributed by atoms with E-state index < -0.39 is 0 Å². The summed E-state index contributed by atoms with van der Waals surface area (Å²) in [5.74, 6) is 0.989. The van der Waals surface area contributed by atoms with Crippen molar-refractivity contribution in [3.05, 3.63) is 42.2 Å². The molecule has 1 aliphatic rings. The molecule has 1 aromatic heterocycles. The van der Waals surface area contributed by atoms with Gasteiger partial charge >= 0.3 is 0 Å². The summed E-state index contributed by atoms with van der Waals surface area (Å²) in [5.41, 5.74) is 2.17. The predicted molar refractivity (Wildman–Crippen MR) is 93.2 cm³/mol. The predicted octanol–water partition coefficient (Wildman–Crippen LogP) is 2.95. The lowest BCUT2D eigenvalue weighted by Gasteiger charge is -2.17. The minimum absolute atomic E-state index is 0.198. The van der Waals surface area contributed by atoms with Crippen LogP contribution in [0.1, 0.15) is 23.2 Å². The lowest BCUT2D eigenvalue weighted by molar-refractivity contribution is 0.102. The Kier molecular flexibility index (Phi) is 4.84. The minimum Gasteiger partial charge on any atom is -0.493 e. The monoisotopic (exact) mass is 327 g/mol. The van der Waals surface area contributed by atoms with Crippen LogP contribution in [-0.2, 0) is 0 Å². The van der Waals surface area contributed by atoms with Crippen LogP contribution in [0.2, 0.25) is 0 Å². The van der Waals surface area contributed by atoms with Crippen LogP contribution in [0.4, 0.5) is 11.4 Å². The number of methoxy groups -OCH3 is 2. The first-order valence-corrected chi connectivity index (χ1v) is 7.94. The van der Waals surface area contributed by atoms with Crippen molar-refractivity contribution in [2.24, 2.45) is 0 Å². The highest BCUT2D eigenvalue weighted by molar-refractivity contribution is 6.04. The standard InChI is InChI=1S/C18H21N3O3/c1-23-16-6-5-14(10-17(16)24-2)20-18(22)13-9-15(12-19-11-13)21-7-3-4-8-21/h5-6,9-12H,3-4,7-8H2,1-2H3,(H,20,22). The van der Waals surface area contributed by atoms with Gasteiger partial charge in [0.25, 0.3) is 5.91 Å². The number of ether oxygens (including phenoxy) is 2. The molecule has 126 valence electrons. The van der Waals surface area contributed by atoms with Crippen molar-refractivity contribution in [3.8, 4) is 11.5 Å². The van der Waals surface area contributed by atoms with E-state index in [1.165, 1.54) is 12.8 Å². The number of pyridine rings is 1. The van der Waals surface area contributed by atoms with Crippen LogP contribution < -0.4 is 19.7 Å². The first-order chi connectivity index (χ1) is 11.7. The lowest BCUT2D eigenvalue weighted by atomic mass is 10.2. The number of nitrogens with one attached hydrogen (secondary N) is 1. The highest BCUT2D eigenvalue weighted by Crippen LogP contribution is 2.30. The molecule has 24 heavy (non-hydrogen) atoms. The van der Waals surface area contributed by atoms with Gasteiger partial charge in [0.1, 0.15) is 0 Å². The van der Waals surface area contributed by atoms with Crippen molar-refractivity contribution in [1.82, 2.24) is 4.98 Å². The van der Waals surface area contributed by atoms with Crippen LogP contribution in [0.15, 0.2) is 36.7 Å². The summed E-state index contributed by atoms with van der Waals surface area (Å²) in [4.78, 5) is 18.9. The molecule has 1 aliphatic heterocycles. The smallest absolute Gasteiger partial charge is 0.257 e. The number of anilines is 2. The summed E-state index contributed by atoms with van der Waals surface area (Å²) in [7, 11) is 3.14. The van der Waals surface area contributed by atoms with Crippen LogP contribution >= 0.6 is 0 Å². The third-order valence-corrected chi connectivity index (χ3v) is 4.10. The summed E-state index contributed by atoms with van der Waals surface area (Å²) in [6.07, 6.45) is 5.75. The number of hydrogen-bond acceptors (Lipinski definition) is 5. The maximum atomic E-state index is 12.5. The van der Waals surface area contributed by atoms with Gasteiger partial charge in [0.2, 0.25) is 0 Å². The SMILES string of the molecule is COc1ccc(NC(=O)c2cncc(N3CCCC3)c2)cc1OC. The van der Waals surface area contributed by atoms with Crippen molar-refractivity contribution < 1.29 is 14.3 Å². The van der Waals surface area contributed by atoms with Gasteiger partial charge in [-0.05, 0) is 31.0 Å². The minimum atomic E-state index is -0.198. The summed E-state index contributed by atoms with van der Waals surface area (Å²) in [6, 6.07) is 7.15. The number of carbonyl (C=O) groups excluding carboxylic acids is 1. The summed E-state index contributed by atoms with van der Waals surface area (Å²) < 4.78 is 10.5. The van der Waals surface area contributed by atoms with Gasteiger partial charge in [-0.1, -0.05) is 0 Å². The molecule has 6 nitrogen and oxygen atoms in total. The van der Waals surface area contributed by atoms with Crippen molar-refractivity contribution in [3.63, 3.8) is 0 Å². The normalized spacial score (nSPS) is 13.7. The lowest BCUT2D eigenvalue weighted by Crippen LogP contribution is -2.19. The van der Waals surface area contributed by atoms with Crippen molar-refractivity contribution in [2.45, 2.75) is 12.8 Å². The fourth-order valence-electron chi connectivity index (χ4n) is 2.82. The number of aromatic nitrogens is 1. The fourth-order valence-corrected chi connectivity index (χ4v) is 2.82. The van der Waals surface area contributed by atoms with Gasteiger partial charge in [0.05, 0.1) is 31.7 Å². The molecular formula is C18H21N3O3. The number of hydrogen-bond donors (Lipinski definition) is 1. The molecule has 0 saturated carbocycles. The van der Waals surface area contributed by atoms with E-state index in [1.54, 1.807) is 44.8 Å². The zero-order valence-electron chi connectivity index (χ0n) is 13.9. The molecule has 3 rings (SSSR count). The highest BCUT2D eigenvalue weighted by Gasteiger charge is 2.15. The van der Waals surface area contributed by atoms with E-state index >= 15 is 0 Å². The van der Waals surface area contributed by atoms with Crippen molar-refractivity contribution >= 4 is 17.3 Å². The van der Waals surface area contributed by atoms with Crippen LogP contribution in [0.5, 0.6) is 11.5 Å². The largest absolute Gasteiger partial charge is 0.493 e. The van der Waals surface area contributed by atoms with Crippen molar-refractivity contribution in [1.29, 1.82) is 0 Å². The van der Waals surface area contributed by atoms with Crippen LogP contribution in [0, 0.1) is 0 Å². The van der Waals surface area contributed by atoms with E-state index in [-0.39, 0.29) is 5.91 Å². The Balaban J connectivity index is 1.76. The molecule has 6 heteroatoms. The zero-order chi connectivity index (χ0) is 16.9. The van der Waals surface area contributed by atoms with Crippen molar-refractivity contribution in [2.75, 3.05) is 37.5 Å². The van der Waals surface area contributed by atoms with Gasteiger partial charge in [0, 0.05) is 31.0 Å². The molecule has 0 atom stereocenters. The maximum Gasteiger partial charge on any atom is 0.257 e. The molecular weight excluding hydrogens is 306 g/mol. The van der Waals surface area contributed by atoms with E-state index in [2.05, 4.69) is 15.2 Å². The van der Waals surface area contributed by atoms with E-state index in [4.69, 9.17) is 9.47 Å². The molecule has 0 spiro atoms. The van der Waals surface area contributed by atoms with Crippen LogP contribution in [0.25, 0.3) is 0 Å². The van der Waals surface area contributed by atoms with Gasteiger partial charge in [-0.2, -0.15) is 0 Å². The molecule has 0 radical (unpaired) electrons. The number of amides is 1. The van der Waals surface area contributed by atoms with E-state index in [9.17, 15) is 4.79 Å². The topological polar surface area (TPSA) is 63.7 Å². The Labute approximate surface area is 141 Å². The number of rotatable bonds is 5. The van der Waals surface area contributed by atoms with Gasteiger partial charge < -0.3 is 19.7 Å². The Bertz CT molecular complexity index is 727. The third kappa shape index (κ3) is 3.42. The Morgan fingerprint density at radius 3 is 2.54 bits per heavy atom. The highest BCUT2D eigenvalue weighted by atomic mass is 16.5. The molecule has 1 N–H and O–H groups in total. The second kappa shape index (κ2) is 7.21. The quantitative estimate of drug-likeness (QED) is 0.915. The average Bonchev–Trinajstić information content (AvgIpc) is 3.16. The summed E-state index contributed by atoms with van der Waals surface area (Å²) in [5, 5.41) is 2.87. The number of carbonyl (C=O) groups is 1. The zero-order valence-corrected chi connectivity index (χ0v) is 13.9. The second-order valence-corrected chi connectivity index (χ2v) is 5.65. The molecule has 0 unspecified atom stereocenters. The first kappa shape index (κ1) is 16.1. The van der Waals surface area contributed by atoms with E-state index in [1.807, 2.05) is 6.07 Å². The molecule has 1 amide bonds. The second-order valence-electron chi connectivity index (χ2n) is 5.65. The Morgan fingerprint density at radius 2 is 1.83 bits per heavy atom. The number of benzene rings is 1. The molecule has 1 aromatic carbocycles. The molecule has 2 aromatic rings. The van der Waals surface area contributed by atoms with E-state index in [0.29, 0.717) is 22.7 Å². The molecule has 1 fully saturated rings. The number of nitrogens with zero attached hydrogens (tertiary/aromatic N) is 2. The molecule has 0 bridgehead atoms. The molecule has 2 heterocycles. The fraction of sp³-hybridized carbons (Fsp3) is 0.333. The Hall–Kier alpha value is -2.76. The average molecular weight is 327 g/mol. The molecule has 1 saturated heterocycles. The molecule has 0 aliphatic carbocycles. The van der Waals surface area contributed by atoms with Gasteiger partial charge in [-0.15, -0.1) is 0 Å². The van der Waals surface area contributed by atoms with Crippen LogP contribution in [-0.4, -0.2) is 38.2 Å². The maximum absolute atomic E-state index is 12.5. The van der Waals surface area contributed by atoms with Gasteiger partial charge in [0.15, 0.2) is 11.5 Å². The summed E-state index contributed by atoms with van der Waals surface area (Å²) in [6.45, 7) is 2.03. The summed E-state index contributed by atoms with van der Waals surface area (Å²) >= 11 is 0. The first-order valence-electron chi connectivity index (χ1n) is 7.94. The van der Waals surface area contributed by atoms with Crippen LogP contribution in [0.3, 0.4) is 0 Å². The Morgan fingerprint density at radius 1 is 1.08 bits per heavy atom. The van der Waals surface area contributed by atoms with E-state index in [0.717, 1.165) is 18.8 Å². The third-order valence-electron chi connectivity index (χ3n) is 4.10.